The zero-order valence-corrected chi connectivity index (χ0v) is 23.7. The van der Waals surface area contributed by atoms with Crippen LogP contribution in [-0.4, -0.2) is 59.5 Å². The van der Waals surface area contributed by atoms with Crippen LogP contribution in [0.2, 0.25) is 0 Å². The molecule has 1 spiro atoms. The summed E-state index contributed by atoms with van der Waals surface area (Å²) in [5, 5.41) is 8.16. The van der Waals surface area contributed by atoms with Crippen molar-refractivity contribution in [3.8, 4) is 0 Å². The molecule has 2 fully saturated rings. The standard InChI is InChI=1S/C34H35N5O3/c1-25(26-11-4-2-5-12-26)35-31(40)23-38-24-39(28-15-6-3-7-16-28)34(32(38)41)19-21-37(22-20-34)33(42)36-30-18-10-14-27-13-8-9-17-29(27)30/h2-18,25H,19-24H2,1H3,(H,35,40)(H,36,42). The molecule has 1 atom stereocenters. The van der Waals surface area contributed by atoms with E-state index in [1.807, 2.05) is 110 Å². The van der Waals surface area contributed by atoms with Crippen molar-refractivity contribution in [2.75, 3.05) is 36.5 Å². The highest BCUT2D eigenvalue weighted by Gasteiger charge is 2.54. The molecule has 8 nitrogen and oxygen atoms in total. The molecule has 2 aliphatic rings. The van der Waals surface area contributed by atoms with E-state index in [0.29, 0.717) is 32.6 Å². The zero-order valence-electron chi connectivity index (χ0n) is 23.7. The van der Waals surface area contributed by atoms with Gasteiger partial charge in [-0.1, -0.05) is 84.9 Å². The van der Waals surface area contributed by atoms with E-state index in [1.54, 1.807) is 9.80 Å². The summed E-state index contributed by atoms with van der Waals surface area (Å²) >= 11 is 0. The number of piperidine rings is 1. The third-order valence-electron chi connectivity index (χ3n) is 8.50. The second-order valence-electron chi connectivity index (χ2n) is 11.1. The number of para-hydroxylation sites is 1. The van der Waals surface area contributed by atoms with Crippen LogP contribution in [0.3, 0.4) is 0 Å². The molecule has 0 saturated carbocycles. The molecule has 6 rings (SSSR count). The van der Waals surface area contributed by atoms with Crippen LogP contribution in [0.15, 0.2) is 103 Å². The van der Waals surface area contributed by atoms with Gasteiger partial charge in [-0.25, -0.2) is 4.79 Å². The fraction of sp³-hybridized carbons (Fsp3) is 0.265. The second-order valence-corrected chi connectivity index (χ2v) is 11.1. The molecular formula is C34H35N5O3. The van der Waals surface area contributed by atoms with Crippen LogP contribution >= 0.6 is 0 Å². The average molecular weight is 562 g/mol. The van der Waals surface area contributed by atoms with Crippen LogP contribution < -0.4 is 15.5 Å². The van der Waals surface area contributed by atoms with Gasteiger partial charge in [-0.3, -0.25) is 9.59 Å². The van der Waals surface area contributed by atoms with Crippen molar-refractivity contribution in [2.45, 2.75) is 31.3 Å². The van der Waals surface area contributed by atoms with Crippen molar-refractivity contribution < 1.29 is 14.4 Å². The van der Waals surface area contributed by atoms with Crippen LogP contribution in [0.1, 0.15) is 31.4 Å². The van der Waals surface area contributed by atoms with Crippen molar-refractivity contribution in [2.24, 2.45) is 0 Å². The van der Waals surface area contributed by atoms with E-state index >= 15 is 0 Å². The number of anilines is 2. The molecule has 1 unspecified atom stereocenters. The van der Waals surface area contributed by atoms with Crippen molar-refractivity contribution in [3.05, 3.63) is 109 Å². The minimum Gasteiger partial charge on any atom is -0.348 e. The van der Waals surface area contributed by atoms with E-state index in [9.17, 15) is 14.4 Å². The minimum atomic E-state index is -0.817. The van der Waals surface area contributed by atoms with Crippen molar-refractivity contribution in [1.82, 2.24) is 15.1 Å². The van der Waals surface area contributed by atoms with Crippen molar-refractivity contribution in [1.29, 1.82) is 0 Å². The number of urea groups is 1. The Morgan fingerprint density at radius 3 is 2.21 bits per heavy atom. The van der Waals surface area contributed by atoms with E-state index in [-0.39, 0.29) is 30.4 Å². The molecule has 4 amide bonds. The Bertz CT molecular complexity index is 1580. The molecule has 2 aliphatic heterocycles. The van der Waals surface area contributed by atoms with Gasteiger partial charge < -0.3 is 25.3 Å². The lowest BCUT2D eigenvalue weighted by Gasteiger charge is -2.43. The van der Waals surface area contributed by atoms with Gasteiger partial charge in [0.15, 0.2) is 0 Å². The third kappa shape index (κ3) is 5.28. The number of amides is 4. The summed E-state index contributed by atoms with van der Waals surface area (Å²) in [6.07, 6.45) is 0.949. The Labute approximate surface area is 245 Å². The predicted octanol–water partition coefficient (Wildman–Crippen LogP) is 5.39. The molecule has 4 aromatic rings. The van der Waals surface area contributed by atoms with Gasteiger partial charge in [-0.2, -0.15) is 0 Å². The lowest BCUT2D eigenvalue weighted by molar-refractivity contribution is -0.137. The topological polar surface area (TPSA) is 85.0 Å². The summed E-state index contributed by atoms with van der Waals surface area (Å²) in [4.78, 5) is 46.0. The van der Waals surface area contributed by atoms with Gasteiger partial charge in [0, 0.05) is 24.2 Å². The van der Waals surface area contributed by atoms with Gasteiger partial charge in [0.25, 0.3) is 5.91 Å². The molecule has 4 aromatic carbocycles. The molecule has 2 N–H and O–H groups in total. The Morgan fingerprint density at radius 1 is 0.833 bits per heavy atom. The van der Waals surface area contributed by atoms with E-state index in [0.717, 1.165) is 27.7 Å². The van der Waals surface area contributed by atoms with Gasteiger partial charge in [-0.05, 0) is 48.9 Å². The highest BCUT2D eigenvalue weighted by molar-refractivity contribution is 6.02. The number of rotatable bonds is 6. The molecule has 0 bridgehead atoms. The lowest BCUT2D eigenvalue weighted by Crippen LogP contribution is -2.58. The first-order chi connectivity index (χ1) is 20.4. The predicted molar refractivity (Wildman–Crippen MR) is 165 cm³/mol. The van der Waals surface area contributed by atoms with Gasteiger partial charge in [0.2, 0.25) is 5.91 Å². The first kappa shape index (κ1) is 27.3. The number of carbonyl (C=O) groups is 3. The monoisotopic (exact) mass is 561 g/mol. The fourth-order valence-corrected chi connectivity index (χ4v) is 6.22. The summed E-state index contributed by atoms with van der Waals surface area (Å²) in [6.45, 7) is 3.09. The second kappa shape index (κ2) is 11.6. The van der Waals surface area contributed by atoms with E-state index in [4.69, 9.17) is 0 Å². The van der Waals surface area contributed by atoms with E-state index in [2.05, 4.69) is 15.5 Å². The summed E-state index contributed by atoms with van der Waals surface area (Å²) in [7, 11) is 0. The first-order valence-corrected chi connectivity index (χ1v) is 14.4. The molecule has 42 heavy (non-hydrogen) atoms. The Balaban J connectivity index is 1.16. The highest BCUT2D eigenvalue weighted by Crippen LogP contribution is 2.39. The molecule has 0 radical (unpaired) electrons. The zero-order chi connectivity index (χ0) is 29.1. The molecule has 0 aromatic heterocycles. The van der Waals surface area contributed by atoms with Gasteiger partial charge in [-0.15, -0.1) is 0 Å². The summed E-state index contributed by atoms with van der Waals surface area (Å²) in [5.41, 5.74) is 1.89. The number of carbonyl (C=O) groups excluding carboxylic acids is 3. The van der Waals surface area contributed by atoms with Crippen LogP contribution in [0, 0.1) is 0 Å². The molecular weight excluding hydrogens is 526 g/mol. The van der Waals surface area contributed by atoms with Gasteiger partial charge >= 0.3 is 6.03 Å². The number of nitrogens with one attached hydrogen (secondary N) is 2. The fourth-order valence-electron chi connectivity index (χ4n) is 6.22. The van der Waals surface area contributed by atoms with Crippen molar-refractivity contribution in [3.63, 3.8) is 0 Å². The van der Waals surface area contributed by atoms with Crippen LogP contribution in [-0.2, 0) is 9.59 Å². The maximum atomic E-state index is 14.1. The first-order valence-electron chi connectivity index (χ1n) is 14.4. The normalized spacial score (nSPS) is 17.0. The van der Waals surface area contributed by atoms with Crippen LogP contribution in [0.25, 0.3) is 10.8 Å². The van der Waals surface area contributed by atoms with Crippen molar-refractivity contribution >= 4 is 40.0 Å². The number of hydrogen-bond acceptors (Lipinski definition) is 4. The van der Waals surface area contributed by atoms with Gasteiger partial charge in [0.05, 0.1) is 18.4 Å². The number of benzene rings is 4. The molecule has 214 valence electrons. The molecule has 2 saturated heterocycles. The quantitative estimate of drug-likeness (QED) is 0.331. The third-order valence-corrected chi connectivity index (χ3v) is 8.50. The Hall–Kier alpha value is -4.85. The van der Waals surface area contributed by atoms with Crippen LogP contribution in [0.4, 0.5) is 16.2 Å². The van der Waals surface area contributed by atoms with Gasteiger partial charge in [0.1, 0.15) is 12.1 Å². The summed E-state index contributed by atoms with van der Waals surface area (Å²) in [5.74, 6) is -0.264. The summed E-state index contributed by atoms with van der Waals surface area (Å²) in [6, 6.07) is 33.1. The maximum absolute atomic E-state index is 14.1. The van der Waals surface area contributed by atoms with Crippen LogP contribution in [0.5, 0.6) is 0 Å². The number of nitrogens with zero attached hydrogens (tertiary/aromatic N) is 3. The molecule has 8 heteroatoms. The smallest absolute Gasteiger partial charge is 0.321 e. The van der Waals surface area contributed by atoms with E-state index < -0.39 is 5.54 Å². The number of likely N-dealkylation sites (tertiary alicyclic amines) is 1. The lowest BCUT2D eigenvalue weighted by atomic mass is 9.85. The SMILES string of the molecule is CC(NC(=O)CN1CN(c2ccccc2)C2(CCN(C(=O)Nc3cccc4ccccc34)CC2)C1=O)c1ccccc1. The molecule has 0 aliphatic carbocycles. The Morgan fingerprint density at radius 2 is 1.48 bits per heavy atom. The minimum absolute atomic E-state index is 0.0215. The van der Waals surface area contributed by atoms with E-state index in [1.165, 1.54) is 0 Å². The number of fused-ring (bicyclic) bond motifs is 1. The Kier molecular flexibility index (Phi) is 7.52. The molecule has 2 heterocycles. The number of hydrogen-bond donors (Lipinski definition) is 2. The highest BCUT2D eigenvalue weighted by atomic mass is 16.2. The summed E-state index contributed by atoms with van der Waals surface area (Å²) < 4.78 is 0. The average Bonchev–Trinajstić information content (AvgIpc) is 3.28. The maximum Gasteiger partial charge on any atom is 0.321 e. The largest absolute Gasteiger partial charge is 0.348 e.